The lowest BCUT2D eigenvalue weighted by Gasteiger charge is -2.29. The Bertz CT molecular complexity index is 243. The molecule has 0 atom stereocenters. The van der Waals surface area contributed by atoms with Gasteiger partial charge in [0.25, 0.3) is 0 Å². The predicted molar refractivity (Wildman–Crippen MR) is 69.9 cm³/mol. The molecule has 3 nitrogen and oxygen atoms in total. The molecular weight excluding hydrogens is 212 g/mol. The number of hydrogen-bond donors (Lipinski definition) is 0. The van der Waals surface area contributed by atoms with Crippen molar-refractivity contribution in [1.29, 1.82) is 0 Å². The monoisotopic (exact) mass is 238 g/mol. The average Bonchev–Trinajstić information content (AvgIpc) is 2.90. The molecule has 98 valence electrons. The van der Waals surface area contributed by atoms with Gasteiger partial charge in [-0.3, -0.25) is 4.79 Å². The Morgan fingerprint density at radius 1 is 1.12 bits per heavy atom. The molecule has 1 aliphatic heterocycles. The Balaban J connectivity index is 1.68. The van der Waals surface area contributed by atoms with Gasteiger partial charge in [0, 0.05) is 26.1 Å². The van der Waals surface area contributed by atoms with Crippen LogP contribution in [0.4, 0.5) is 0 Å². The molecule has 0 radical (unpaired) electrons. The molecule has 0 bridgehead atoms. The van der Waals surface area contributed by atoms with Crippen molar-refractivity contribution in [3.8, 4) is 0 Å². The van der Waals surface area contributed by atoms with Gasteiger partial charge < -0.3 is 9.80 Å². The van der Waals surface area contributed by atoms with Crippen molar-refractivity contribution < 1.29 is 4.79 Å². The van der Waals surface area contributed by atoms with Crippen molar-refractivity contribution in [2.75, 3.05) is 33.2 Å². The van der Waals surface area contributed by atoms with E-state index < -0.39 is 0 Å². The Hall–Kier alpha value is -0.570. The maximum Gasteiger partial charge on any atom is 0.225 e. The summed E-state index contributed by atoms with van der Waals surface area (Å²) in [4.78, 5) is 16.6. The summed E-state index contributed by atoms with van der Waals surface area (Å²) in [5.41, 5.74) is 0. The average molecular weight is 238 g/mol. The molecule has 0 aromatic heterocycles. The molecule has 1 heterocycles. The minimum absolute atomic E-state index is 0.335. The van der Waals surface area contributed by atoms with E-state index in [-0.39, 0.29) is 0 Å². The summed E-state index contributed by atoms with van der Waals surface area (Å²) in [6.45, 7) is 4.43. The standard InChI is InChI=1S/C14H26N2O/c1-15(14(17)13-7-3-4-8-13)11-12-16-9-5-2-6-10-16/h13H,2-12H2,1H3. The smallest absolute Gasteiger partial charge is 0.225 e. The fraction of sp³-hybridized carbons (Fsp3) is 0.929. The summed E-state index contributed by atoms with van der Waals surface area (Å²) in [7, 11) is 1.98. The fourth-order valence-electron chi connectivity index (χ4n) is 3.07. The van der Waals surface area contributed by atoms with Crippen LogP contribution in [0.5, 0.6) is 0 Å². The van der Waals surface area contributed by atoms with Gasteiger partial charge >= 0.3 is 0 Å². The van der Waals surface area contributed by atoms with Crippen LogP contribution >= 0.6 is 0 Å². The number of carbonyl (C=O) groups is 1. The van der Waals surface area contributed by atoms with Crippen molar-refractivity contribution in [2.24, 2.45) is 5.92 Å². The summed E-state index contributed by atoms with van der Waals surface area (Å²) in [5, 5.41) is 0. The summed E-state index contributed by atoms with van der Waals surface area (Å²) in [5.74, 6) is 0.723. The van der Waals surface area contributed by atoms with Crippen LogP contribution in [-0.4, -0.2) is 48.9 Å². The predicted octanol–water partition coefficient (Wildman–Crippen LogP) is 2.12. The van der Waals surface area contributed by atoms with Crippen molar-refractivity contribution in [3.63, 3.8) is 0 Å². The number of likely N-dealkylation sites (tertiary alicyclic amines) is 1. The van der Waals surface area contributed by atoms with Gasteiger partial charge in [-0.1, -0.05) is 19.3 Å². The van der Waals surface area contributed by atoms with E-state index >= 15 is 0 Å². The normalized spacial score (nSPS) is 22.9. The van der Waals surface area contributed by atoms with Gasteiger partial charge in [-0.25, -0.2) is 0 Å². The molecule has 3 heteroatoms. The lowest BCUT2D eigenvalue weighted by atomic mass is 10.1. The number of likely N-dealkylation sites (N-methyl/N-ethyl adjacent to an activating group) is 1. The highest BCUT2D eigenvalue weighted by atomic mass is 16.2. The molecule has 0 aromatic rings. The highest BCUT2D eigenvalue weighted by Crippen LogP contribution is 2.26. The van der Waals surface area contributed by atoms with Crippen LogP contribution in [0.25, 0.3) is 0 Å². The lowest BCUT2D eigenvalue weighted by molar-refractivity contribution is -0.134. The van der Waals surface area contributed by atoms with Gasteiger partial charge in [0.1, 0.15) is 0 Å². The number of nitrogens with zero attached hydrogens (tertiary/aromatic N) is 2. The molecule has 0 spiro atoms. The third kappa shape index (κ3) is 3.70. The van der Waals surface area contributed by atoms with Crippen molar-refractivity contribution in [1.82, 2.24) is 9.80 Å². The summed E-state index contributed by atoms with van der Waals surface area (Å²) in [6.07, 6.45) is 8.78. The minimum atomic E-state index is 0.335. The highest BCUT2D eigenvalue weighted by molar-refractivity contribution is 5.78. The molecule has 1 amide bonds. The zero-order chi connectivity index (χ0) is 12.1. The lowest BCUT2D eigenvalue weighted by Crippen LogP contribution is -2.40. The van der Waals surface area contributed by atoms with E-state index in [2.05, 4.69) is 4.90 Å². The first kappa shape index (κ1) is 12.9. The molecule has 1 aliphatic carbocycles. The second-order valence-electron chi connectivity index (χ2n) is 5.64. The second-order valence-corrected chi connectivity index (χ2v) is 5.64. The van der Waals surface area contributed by atoms with Crippen LogP contribution in [0.15, 0.2) is 0 Å². The van der Waals surface area contributed by atoms with E-state index in [0.29, 0.717) is 11.8 Å². The molecule has 1 saturated heterocycles. The first-order valence-electron chi connectivity index (χ1n) is 7.25. The highest BCUT2D eigenvalue weighted by Gasteiger charge is 2.25. The summed E-state index contributed by atoms with van der Waals surface area (Å²) in [6, 6.07) is 0. The first-order valence-corrected chi connectivity index (χ1v) is 7.25. The van der Waals surface area contributed by atoms with Gasteiger partial charge in [-0.2, -0.15) is 0 Å². The van der Waals surface area contributed by atoms with Crippen LogP contribution in [0.2, 0.25) is 0 Å². The summed E-state index contributed by atoms with van der Waals surface area (Å²) < 4.78 is 0. The van der Waals surface area contributed by atoms with Crippen LogP contribution < -0.4 is 0 Å². The Labute approximate surface area is 105 Å². The van der Waals surface area contributed by atoms with Crippen LogP contribution in [0, 0.1) is 5.92 Å². The summed E-state index contributed by atoms with van der Waals surface area (Å²) >= 11 is 0. The van der Waals surface area contributed by atoms with Gasteiger partial charge in [-0.15, -0.1) is 0 Å². The molecule has 0 aromatic carbocycles. The number of piperidine rings is 1. The van der Waals surface area contributed by atoms with Crippen molar-refractivity contribution >= 4 is 5.91 Å². The maximum absolute atomic E-state index is 12.1. The zero-order valence-electron chi connectivity index (χ0n) is 11.2. The van der Waals surface area contributed by atoms with Gasteiger partial charge in [0.15, 0.2) is 0 Å². The van der Waals surface area contributed by atoms with Crippen LogP contribution in [0.3, 0.4) is 0 Å². The van der Waals surface area contributed by atoms with E-state index in [1.165, 1.54) is 45.2 Å². The third-order valence-corrected chi connectivity index (χ3v) is 4.28. The van der Waals surface area contributed by atoms with Crippen molar-refractivity contribution in [2.45, 2.75) is 44.9 Å². The van der Waals surface area contributed by atoms with Gasteiger partial charge in [0.2, 0.25) is 5.91 Å². The maximum atomic E-state index is 12.1. The fourth-order valence-corrected chi connectivity index (χ4v) is 3.07. The van der Waals surface area contributed by atoms with E-state index in [0.717, 1.165) is 25.9 Å². The SMILES string of the molecule is CN(CCN1CCCCC1)C(=O)C1CCCC1. The van der Waals surface area contributed by atoms with Gasteiger partial charge in [-0.05, 0) is 38.8 Å². The number of carbonyl (C=O) groups excluding carboxylic acids is 1. The first-order chi connectivity index (χ1) is 8.27. The molecule has 17 heavy (non-hydrogen) atoms. The number of rotatable bonds is 4. The van der Waals surface area contributed by atoms with Crippen LogP contribution in [-0.2, 0) is 4.79 Å². The quantitative estimate of drug-likeness (QED) is 0.749. The molecular formula is C14H26N2O. The van der Waals surface area contributed by atoms with E-state index in [1.807, 2.05) is 11.9 Å². The Kier molecular flexibility index (Phi) is 4.84. The topological polar surface area (TPSA) is 23.6 Å². The number of amides is 1. The molecule has 0 N–H and O–H groups in total. The van der Waals surface area contributed by atoms with Crippen LogP contribution in [0.1, 0.15) is 44.9 Å². The zero-order valence-corrected chi connectivity index (χ0v) is 11.2. The second kappa shape index (κ2) is 6.39. The Morgan fingerprint density at radius 3 is 2.41 bits per heavy atom. The van der Waals surface area contributed by atoms with E-state index in [9.17, 15) is 4.79 Å². The minimum Gasteiger partial charge on any atom is -0.344 e. The number of hydrogen-bond acceptors (Lipinski definition) is 2. The van der Waals surface area contributed by atoms with E-state index in [1.54, 1.807) is 0 Å². The molecule has 1 saturated carbocycles. The van der Waals surface area contributed by atoms with Gasteiger partial charge in [0.05, 0.1) is 0 Å². The molecule has 0 unspecified atom stereocenters. The Morgan fingerprint density at radius 2 is 1.76 bits per heavy atom. The van der Waals surface area contributed by atoms with E-state index in [4.69, 9.17) is 0 Å². The third-order valence-electron chi connectivity index (χ3n) is 4.28. The largest absolute Gasteiger partial charge is 0.344 e. The molecule has 2 rings (SSSR count). The molecule has 2 aliphatic rings. The van der Waals surface area contributed by atoms with Crippen molar-refractivity contribution in [3.05, 3.63) is 0 Å². The molecule has 2 fully saturated rings.